The number of carboxylic acids is 1. The number of aromatic nitrogens is 4. The number of benzene rings is 1. The van der Waals surface area contributed by atoms with Gasteiger partial charge < -0.3 is 14.7 Å². The molecule has 0 aliphatic carbocycles. The second-order valence-electron chi connectivity index (χ2n) is 6.70. The summed E-state index contributed by atoms with van der Waals surface area (Å²) in [5.74, 6) is -2.49. The van der Waals surface area contributed by atoms with Crippen LogP contribution in [-0.4, -0.2) is 86.9 Å². The summed E-state index contributed by atoms with van der Waals surface area (Å²) in [6.07, 6.45) is -5.19. The van der Waals surface area contributed by atoms with Crippen LogP contribution in [0.2, 0.25) is 0 Å². The van der Waals surface area contributed by atoms with Gasteiger partial charge in [-0.1, -0.05) is 0 Å². The maximum atomic E-state index is 12.9. The molecule has 1 aliphatic rings. The van der Waals surface area contributed by atoms with Crippen LogP contribution in [0.1, 0.15) is 5.82 Å². The fraction of sp³-hybridized carbons (Fsp3) is 0.438. The van der Waals surface area contributed by atoms with E-state index in [0.29, 0.717) is 4.31 Å². The standard InChI is InChI=1S/C16H17F3N6O6S/c1-23-21-13(20-22-23)8-14(26)24-6-7-25(12(9-24)15(27)28)32(29,30)11-4-2-10(3-5-11)31-16(17,18)19/h2-5,12H,6-9H2,1H3,(H,27,28). The first kappa shape index (κ1) is 23.4. The Balaban J connectivity index is 1.75. The number of ether oxygens (including phenoxy) is 1. The lowest BCUT2D eigenvalue weighted by molar-refractivity contribution is -0.274. The molecule has 1 aromatic heterocycles. The number of aryl methyl sites for hydroxylation is 1. The molecule has 16 heteroatoms. The Morgan fingerprint density at radius 1 is 1.22 bits per heavy atom. The van der Waals surface area contributed by atoms with E-state index in [4.69, 9.17) is 0 Å². The Labute approximate surface area is 179 Å². The predicted octanol–water partition coefficient (Wildman–Crippen LogP) is -0.362. The van der Waals surface area contributed by atoms with E-state index < -0.39 is 51.5 Å². The fourth-order valence-electron chi connectivity index (χ4n) is 3.07. The van der Waals surface area contributed by atoms with Crippen LogP contribution in [-0.2, 0) is 33.1 Å². The normalized spacial score (nSPS) is 17.9. The minimum atomic E-state index is -4.95. The number of amides is 1. The van der Waals surface area contributed by atoms with Crippen LogP contribution in [0, 0.1) is 0 Å². The molecule has 32 heavy (non-hydrogen) atoms. The van der Waals surface area contributed by atoms with Crippen molar-refractivity contribution in [3.8, 4) is 5.75 Å². The van der Waals surface area contributed by atoms with Gasteiger partial charge in [-0.15, -0.1) is 23.4 Å². The lowest BCUT2D eigenvalue weighted by Gasteiger charge is -2.38. The van der Waals surface area contributed by atoms with E-state index in [9.17, 15) is 36.3 Å². The van der Waals surface area contributed by atoms with Crippen LogP contribution in [0.4, 0.5) is 13.2 Å². The number of sulfonamides is 1. The minimum absolute atomic E-state index is 0.0998. The summed E-state index contributed by atoms with van der Waals surface area (Å²) >= 11 is 0. The third-order valence-electron chi connectivity index (χ3n) is 4.49. The number of alkyl halides is 3. The van der Waals surface area contributed by atoms with Crippen molar-refractivity contribution in [1.29, 1.82) is 0 Å². The average Bonchev–Trinajstić information content (AvgIpc) is 3.11. The first-order chi connectivity index (χ1) is 14.9. The van der Waals surface area contributed by atoms with Crippen molar-refractivity contribution in [2.75, 3.05) is 19.6 Å². The zero-order chi connectivity index (χ0) is 23.7. The molecule has 3 rings (SSSR count). The van der Waals surface area contributed by atoms with E-state index in [0.717, 1.165) is 29.1 Å². The summed E-state index contributed by atoms with van der Waals surface area (Å²) in [5.41, 5.74) is 0. The Bertz CT molecular complexity index is 1100. The number of carbonyl (C=O) groups excluding carboxylic acids is 1. The van der Waals surface area contributed by atoms with Crippen molar-refractivity contribution in [3.05, 3.63) is 30.1 Å². The number of carbonyl (C=O) groups is 2. The van der Waals surface area contributed by atoms with Crippen LogP contribution in [0.25, 0.3) is 0 Å². The summed E-state index contributed by atoms with van der Waals surface area (Å²) in [6, 6.07) is 1.78. The molecule has 1 N–H and O–H groups in total. The molecule has 1 unspecified atom stereocenters. The van der Waals surface area contributed by atoms with Crippen LogP contribution >= 0.6 is 0 Å². The van der Waals surface area contributed by atoms with Crippen LogP contribution < -0.4 is 4.74 Å². The van der Waals surface area contributed by atoms with Crippen molar-refractivity contribution < 1.29 is 41.0 Å². The molecule has 2 heterocycles. The lowest BCUT2D eigenvalue weighted by atomic mass is 10.2. The van der Waals surface area contributed by atoms with Gasteiger partial charge in [0.15, 0.2) is 5.82 Å². The highest BCUT2D eigenvalue weighted by atomic mass is 32.2. The number of halogens is 3. The minimum Gasteiger partial charge on any atom is -0.480 e. The number of aliphatic carboxylic acids is 1. The van der Waals surface area contributed by atoms with Gasteiger partial charge in [0.25, 0.3) is 0 Å². The van der Waals surface area contributed by atoms with Crippen molar-refractivity contribution in [3.63, 3.8) is 0 Å². The molecule has 1 amide bonds. The highest BCUT2D eigenvalue weighted by Gasteiger charge is 2.41. The molecule has 0 radical (unpaired) electrons. The lowest BCUT2D eigenvalue weighted by Crippen LogP contribution is -2.59. The summed E-state index contributed by atoms with van der Waals surface area (Å²) in [7, 11) is -2.87. The molecule has 1 aliphatic heterocycles. The van der Waals surface area contributed by atoms with Crippen molar-refractivity contribution >= 4 is 21.9 Å². The Morgan fingerprint density at radius 3 is 2.41 bits per heavy atom. The van der Waals surface area contributed by atoms with Crippen LogP contribution in [0.15, 0.2) is 29.2 Å². The molecule has 1 saturated heterocycles. The van der Waals surface area contributed by atoms with Crippen molar-refractivity contribution in [2.24, 2.45) is 7.05 Å². The third-order valence-corrected chi connectivity index (χ3v) is 6.41. The molecular weight excluding hydrogens is 461 g/mol. The molecule has 1 aromatic carbocycles. The second kappa shape index (κ2) is 8.70. The molecular formula is C16H17F3N6O6S. The third kappa shape index (κ3) is 5.31. The summed E-state index contributed by atoms with van der Waals surface area (Å²) in [5, 5.41) is 20.7. The Kier molecular flexibility index (Phi) is 6.36. The van der Waals surface area contributed by atoms with E-state index in [-0.39, 0.29) is 25.3 Å². The molecule has 0 spiro atoms. The van der Waals surface area contributed by atoms with Crippen molar-refractivity contribution in [1.82, 2.24) is 29.4 Å². The molecule has 0 saturated carbocycles. The number of rotatable bonds is 6. The average molecular weight is 478 g/mol. The van der Waals surface area contributed by atoms with Crippen LogP contribution in [0.3, 0.4) is 0 Å². The number of tetrazole rings is 1. The molecule has 1 atom stereocenters. The highest BCUT2D eigenvalue weighted by Crippen LogP contribution is 2.27. The Morgan fingerprint density at radius 2 is 1.88 bits per heavy atom. The SMILES string of the molecule is Cn1nnc(CC(=O)N2CCN(S(=O)(=O)c3ccc(OC(F)(F)F)cc3)C(C(=O)O)C2)n1. The van der Waals surface area contributed by atoms with Gasteiger partial charge >= 0.3 is 12.3 Å². The number of nitrogens with zero attached hydrogens (tertiary/aromatic N) is 6. The van der Waals surface area contributed by atoms with Gasteiger partial charge in [0.1, 0.15) is 11.8 Å². The first-order valence-corrected chi connectivity index (χ1v) is 10.4. The van der Waals surface area contributed by atoms with E-state index in [1.807, 2.05) is 0 Å². The maximum absolute atomic E-state index is 12.9. The molecule has 0 bridgehead atoms. The van der Waals surface area contributed by atoms with E-state index in [1.165, 1.54) is 11.9 Å². The largest absolute Gasteiger partial charge is 0.573 e. The van der Waals surface area contributed by atoms with Gasteiger partial charge in [0.05, 0.1) is 18.4 Å². The quantitative estimate of drug-likeness (QED) is 0.587. The number of piperazine rings is 1. The van der Waals surface area contributed by atoms with Crippen molar-refractivity contribution in [2.45, 2.75) is 23.7 Å². The predicted molar refractivity (Wildman–Crippen MR) is 97.5 cm³/mol. The molecule has 12 nitrogen and oxygen atoms in total. The summed E-state index contributed by atoms with van der Waals surface area (Å²) in [4.78, 5) is 26.1. The van der Waals surface area contributed by atoms with Gasteiger partial charge in [0.2, 0.25) is 15.9 Å². The smallest absolute Gasteiger partial charge is 0.480 e. The Hall–Kier alpha value is -3.27. The van der Waals surface area contributed by atoms with E-state index >= 15 is 0 Å². The fourth-order valence-corrected chi connectivity index (χ4v) is 4.64. The second-order valence-corrected chi connectivity index (χ2v) is 8.59. The monoisotopic (exact) mass is 478 g/mol. The summed E-state index contributed by atoms with van der Waals surface area (Å²) in [6.45, 7) is -0.861. The number of carboxylic acid groups (broad SMARTS) is 1. The van der Waals surface area contributed by atoms with Crippen LogP contribution in [0.5, 0.6) is 5.75 Å². The molecule has 2 aromatic rings. The highest BCUT2D eigenvalue weighted by molar-refractivity contribution is 7.89. The topological polar surface area (TPSA) is 148 Å². The zero-order valence-corrected chi connectivity index (χ0v) is 17.2. The van der Waals surface area contributed by atoms with Gasteiger partial charge in [-0.2, -0.15) is 9.10 Å². The maximum Gasteiger partial charge on any atom is 0.573 e. The van der Waals surface area contributed by atoms with Gasteiger partial charge in [0, 0.05) is 19.6 Å². The number of hydrogen-bond donors (Lipinski definition) is 1. The molecule has 174 valence electrons. The van der Waals surface area contributed by atoms with Gasteiger partial charge in [-0.25, -0.2) is 8.42 Å². The first-order valence-electron chi connectivity index (χ1n) is 8.98. The van der Waals surface area contributed by atoms with E-state index in [2.05, 4.69) is 20.1 Å². The number of hydrogen-bond acceptors (Lipinski definition) is 8. The summed E-state index contributed by atoms with van der Waals surface area (Å²) < 4.78 is 67.1. The van der Waals surface area contributed by atoms with Gasteiger partial charge in [-0.3, -0.25) is 9.59 Å². The van der Waals surface area contributed by atoms with E-state index in [1.54, 1.807) is 0 Å². The molecule has 1 fully saturated rings. The van der Waals surface area contributed by atoms with Gasteiger partial charge in [-0.05, 0) is 29.5 Å². The zero-order valence-electron chi connectivity index (χ0n) is 16.4.